The van der Waals surface area contributed by atoms with Crippen molar-refractivity contribution in [3.05, 3.63) is 0 Å². The summed E-state index contributed by atoms with van der Waals surface area (Å²) < 4.78 is 4.14. The Balaban J connectivity index is 3.46. The van der Waals surface area contributed by atoms with Gasteiger partial charge in [-0.15, -0.1) is 11.6 Å². The molecule has 0 amide bonds. The van der Waals surface area contributed by atoms with Crippen LogP contribution in [0.4, 0.5) is 0 Å². The quantitative estimate of drug-likeness (QED) is 0.638. The molecule has 8 heavy (non-hydrogen) atoms. The first kappa shape index (κ1) is 8.24. The Kier molecular flexibility index (Phi) is 4.28. The van der Waals surface area contributed by atoms with Gasteiger partial charge >= 0.3 is 5.97 Å². The fourth-order valence-electron chi connectivity index (χ4n) is 0.215. The average Bonchev–Trinajstić information content (AvgIpc) is 1.84. The molecule has 1 atom stereocenters. The minimum absolute atomic E-state index is 0.436. The van der Waals surface area contributed by atoms with Gasteiger partial charge in [0.25, 0.3) is 0 Å². The number of hydrogen-bond acceptors (Lipinski definition) is 2. The topological polar surface area (TPSA) is 26.3 Å². The molecule has 0 aromatic rings. The molecule has 0 saturated carbocycles. The summed E-state index contributed by atoms with van der Waals surface area (Å²) in [5.74, 6) is -0.436. The van der Waals surface area contributed by atoms with Crippen molar-refractivity contribution >= 4 is 33.8 Å². The SMILES string of the molecule is CCC(Cl)C(=O)OBr. The third-order valence-corrected chi connectivity index (χ3v) is 1.50. The van der Waals surface area contributed by atoms with Crippen LogP contribution in [0, 0.1) is 0 Å². The molecule has 0 bridgehead atoms. The second-order valence-electron chi connectivity index (χ2n) is 1.27. The summed E-state index contributed by atoms with van der Waals surface area (Å²) in [6.07, 6.45) is 0.589. The van der Waals surface area contributed by atoms with Crippen LogP contribution in [-0.4, -0.2) is 11.3 Å². The third kappa shape index (κ3) is 2.52. The highest BCUT2D eigenvalue weighted by molar-refractivity contribution is 9.06. The number of carbonyl (C=O) groups is 1. The van der Waals surface area contributed by atoms with E-state index in [2.05, 4.69) is 20.1 Å². The molecule has 0 radical (unpaired) electrons. The van der Waals surface area contributed by atoms with Gasteiger partial charge in [-0.25, -0.2) is 4.79 Å². The van der Waals surface area contributed by atoms with E-state index in [-0.39, 0.29) is 0 Å². The molecule has 0 aliphatic heterocycles. The minimum atomic E-state index is -0.519. The molecule has 0 aromatic heterocycles. The van der Waals surface area contributed by atoms with Crippen LogP contribution in [0.15, 0.2) is 0 Å². The molecular formula is C4H6BrClO2. The molecule has 2 nitrogen and oxygen atoms in total. The summed E-state index contributed by atoms with van der Waals surface area (Å²) in [6.45, 7) is 1.81. The lowest BCUT2D eigenvalue weighted by Gasteiger charge is -1.98. The van der Waals surface area contributed by atoms with Crippen LogP contribution in [0.25, 0.3) is 0 Å². The van der Waals surface area contributed by atoms with Crippen molar-refractivity contribution in [3.8, 4) is 0 Å². The Hall–Kier alpha value is 0.240. The standard InChI is InChI=1S/C4H6BrClO2/c1-2-3(6)4(7)8-5/h3H,2H2,1H3. The van der Waals surface area contributed by atoms with E-state index in [0.29, 0.717) is 6.42 Å². The first-order valence-electron chi connectivity index (χ1n) is 2.18. The van der Waals surface area contributed by atoms with Crippen LogP contribution in [0.1, 0.15) is 13.3 Å². The van der Waals surface area contributed by atoms with Gasteiger partial charge in [0, 0.05) is 0 Å². The van der Waals surface area contributed by atoms with Crippen molar-refractivity contribution in [1.82, 2.24) is 0 Å². The molecule has 1 unspecified atom stereocenters. The maximum Gasteiger partial charge on any atom is 0.335 e. The van der Waals surface area contributed by atoms with Gasteiger partial charge in [0.2, 0.25) is 0 Å². The number of carbonyl (C=O) groups excluding carboxylic acids is 1. The van der Waals surface area contributed by atoms with Crippen LogP contribution in [0.5, 0.6) is 0 Å². The summed E-state index contributed by atoms with van der Waals surface area (Å²) in [5.41, 5.74) is 0. The first-order chi connectivity index (χ1) is 3.72. The van der Waals surface area contributed by atoms with Gasteiger partial charge in [-0.3, -0.25) is 0 Å². The monoisotopic (exact) mass is 200 g/mol. The average molecular weight is 201 g/mol. The predicted molar refractivity (Wildman–Crippen MR) is 35.0 cm³/mol. The van der Waals surface area contributed by atoms with Crippen molar-refractivity contribution in [2.75, 3.05) is 0 Å². The molecule has 0 heterocycles. The molecule has 48 valence electrons. The van der Waals surface area contributed by atoms with E-state index in [0.717, 1.165) is 0 Å². The van der Waals surface area contributed by atoms with Crippen LogP contribution < -0.4 is 0 Å². The Bertz CT molecular complexity index is 86.1. The maximum absolute atomic E-state index is 10.3. The van der Waals surface area contributed by atoms with Gasteiger partial charge in [-0.1, -0.05) is 6.92 Å². The number of rotatable bonds is 2. The van der Waals surface area contributed by atoms with Crippen molar-refractivity contribution in [2.24, 2.45) is 0 Å². The maximum atomic E-state index is 10.3. The van der Waals surface area contributed by atoms with Crippen LogP contribution in [-0.2, 0) is 8.62 Å². The molecule has 0 fully saturated rings. The predicted octanol–water partition coefficient (Wildman–Crippen LogP) is 1.86. The summed E-state index contributed by atoms with van der Waals surface area (Å²) >= 11 is 7.93. The largest absolute Gasteiger partial charge is 0.382 e. The zero-order valence-corrected chi connectivity index (χ0v) is 6.70. The zero-order valence-electron chi connectivity index (χ0n) is 4.36. The summed E-state index contributed by atoms with van der Waals surface area (Å²) in [6, 6.07) is 0. The van der Waals surface area contributed by atoms with Crippen LogP contribution >= 0.6 is 27.9 Å². The highest BCUT2D eigenvalue weighted by atomic mass is 79.9. The summed E-state index contributed by atoms with van der Waals surface area (Å²) in [5, 5.41) is -0.519. The van der Waals surface area contributed by atoms with Crippen LogP contribution in [0.3, 0.4) is 0 Å². The molecule has 0 aliphatic carbocycles. The highest BCUT2D eigenvalue weighted by Crippen LogP contribution is 2.04. The fraction of sp³-hybridized carbons (Fsp3) is 0.750. The molecule has 0 rings (SSSR count). The summed E-state index contributed by atoms with van der Waals surface area (Å²) in [7, 11) is 0. The van der Waals surface area contributed by atoms with E-state index in [4.69, 9.17) is 11.6 Å². The fourth-order valence-corrected chi connectivity index (χ4v) is 0.593. The Morgan fingerprint density at radius 1 is 2.00 bits per heavy atom. The lowest BCUT2D eigenvalue weighted by atomic mass is 10.3. The Labute approximate surface area is 61.6 Å². The normalized spacial score (nSPS) is 12.9. The minimum Gasteiger partial charge on any atom is -0.382 e. The molecule has 0 saturated heterocycles. The zero-order chi connectivity index (χ0) is 6.57. The van der Waals surface area contributed by atoms with Gasteiger partial charge in [-0.2, -0.15) is 0 Å². The van der Waals surface area contributed by atoms with Gasteiger partial charge in [0.15, 0.2) is 16.3 Å². The molecule has 0 spiro atoms. The molecule has 0 aliphatic rings. The van der Waals surface area contributed by atoms with Gasteiger partial charge in [-0.05, 0) is 6.42 Å². The van der Waals surface area contributed by atoms with E-state index in [1.165, 1.54) is 0 Å². The van der Waals surface area contributed by atoms with Gasteiger partial charge in [0.1, 0.15) is 5.38 Å². The van der Waals surface area contributed by atoms with E-state index in [1.807, 2.05) is 6.92 Å². The highest BCUT2D eigenvalue weighted by Gasteiger charge is 2.12. The molecular weight excluding hydrogens is 195 g/mol. The molecule has 0 N–H and O–H groups in total. The van der Waals surface area contributed by atoms with E-state index < -0.39 is 11.3 Å². The van der Waals surface area contributed by atoms with Crippen molar-refractivity contribution in [1.29, 1.82) is 0 Å². The first-order valence-corrected chi connectivity index (χ1v) is 3.27. The lowest BCUT2D eigenvalue weighted by molar-refractivity contribution is -0.131. The van der Waals surface area contributed by atoms with Gasteiger partial charge in [0.05, 0.1) is 0 Å². The van der Waals surface area contributed by atoms with E-state index >= 15 is 0 Å². The van der Waals surface area contributed by atoms with Crippen molar-refractivity contribution < 1.29 is 8.62 Å². The summed E-state index contributed by atoms with van der Waals surface area (Å²) in [4.78, 5) is 10.3. The van der Waals surface area contributed by atoms with Crippen molar-refractivity contribution in [2.45, 2.75) is 18.7 Å². The smallest absolute Gasteiger partial charge is 0.335 e. The Morgan fingerprint density at radius 2 is 2.50 bits per heavy atom. The van der Waals surface area contributed by atoms with E-state index in [9.17, 15) is 4.79 Å². The second-order valence-corrected chi connectivity index (χ2v) is 2.12. The number of hydrogen-bond donors (Lipinski definition) is 0. The number of halogens is 2. The van der Waals surface area contributed by atoms with E-state index in [1.54, 1.807) is 0 Å². The second kappa shape index (κ2) is 4.15. The lowest BCUT2D eigenvalue weighted by Crippen LogP contribution is -2.11. The molecule has 4 heteroatoms. The Morgan fingerprint density at radius 3 is 2.62 bits per heavy atom. The molecule has 0 aromatic carbocycles. The number of alkyl halides is 1. The van der Waals surface area contributed by atoms with Gasteiger partial charge < -0.3 is 3.83 Å². The third-order valence-electron chi connectivity index (χ3n) is 0.690. The van der Waals surface area contributed by atoms with Crippen molar-refractivity contribution in [3.63, 3.8) is 0 Å². The van der Waals surface area contributed by atoms with Crippen LogP contribution in [0.2, 0.25) is 0 Å².